The summed E-state index contributed by atoms with van der Waals surface area (Å²) in [7, 11) is -5.07. The molecule has 3 unspecified atom stereocenters. The molecule has 2 radical (unpaired) electrons. The molecule has 3 atom stereocenters. The van der Waals surface area contributed by atoms with Crippen LogP contribution in [0.2, 0.25) is 0 Å². The molecule has 0 aliphatic carbocycles. The fraction of sp³-hybridized carbons (Fsp3) is 0.200. The first-order chi connectivity index (χ1) is 26.8. The number of esters is 1. The summed E-state index contributed by atoms with van der Waals surface area (Å²) in [4.78, 5) is 72.6. The van der Waals surface area contributed by atoms with E-state index in [2.05, 4.69) is 15.2 Å². The molecule has 292 valence electrons. The number of amides is 2. The van der Waals surface area contributed by atoms with Crippen LogP contribution in [0.15, 0.2) is 126 Å². The Hall–Kier alpha value is -4.25. The van der Waals surface area contributed by atoms with Crippen LogP contribution in [0.3, 0.4) is 0 Å². The minimum Gasteiger partial charge on any atom is -0.457 e. The first-order valence-electron chi connectivity index (χ1n) is 17.3. The number of nitrogens with zero attached hydrogens (tertiary/aromatic N) is 1. The molecule has 6 aromatic rings. The van der Waals surface area contributed by atoms with Crippen molar-refractivity contribution < 1.29 is 56.7 Å². The number of carbonyl (C=O) groups is 4. The predicted octanol–water partition coefficient (Wildman–Crippen LogP) is 6.01. The van der Waals surface area contributed by atoms with Gasteiger partial charge in [0.2, 0.25) is 5.91 Å². The van der Waals surface area contributed by atoms with Crippen LogP contribution in [0, 0.1) is 0 Å². The zero-order chi connectivity index (χ0) is 39.9. The van der Waals surface area contributed by atoms with Crippen molar-refractivity contribution in [2.75, 3.05) is 6.61 Å². The Labute approximate surface area is 377 Å². The van der Waals surface area contributed by atoms with Gasteiger partial charge in [0.25, 0.3) is 6.29 Å². The molecule has 6 rings (SSSR count). The minimum absolute atomic E-state index is 0. The van der Waals surface area contributed by atoms with Gasteiger partial charge in [-0.25, -0.2) is 18.9 Å². The fourth-order valence-corrected chi connectivity index (χ4v) is 6.29. The number of furan rings is 1. The number of rotatable bonds is 14. The van der Waals surface area contributed by atoms with Gasteiger partial charge in [-0.15, -0.1) is 0 Å². The van der Waals surface area contributed by atoms with Gasteiger partial charge in [0.1, 0.15) is 23.5 Å². The third-order valence-electron chi connectivity index (χ3n) is 8.74. The smallest absolute Gasteiger partial charge is 0.457 e. The second kappa shape index (κ2) is 20.6. The van der Waals surface area contributed by atoms with Gasteiger partial charge in [0.15, 0.2) is 6.61 Å². The van der Waals surface area contributed by atoms with Crippen molar-refractivity contribution in [1.82, 2.24) is 15.2 Å². The van der Waals surface area contributed by atoms with E-state index in [4.69, 9.17) is 18.6 Å². The van der Waals surface area contributed by atoms with E-state index < -0.39 is 56.4 Å². The molecule has 0 spiro atoms. The summed E-state index contributed by atoms with van der Waals surface area (Å²) in [6.45, 7) is 2.11. The van der Waals surface area contributed by atoms with E-state index in [0.717, 1.165) is 15.5 Å². The van der Waals surface area contributed by atoms with Gasteiger partial charge in [0, 0.05) is 82.5 Å². The van der Waals surface area contributed by atoms with Crippen molar-refractivity contribution in [3.63, 3.8) is 0 Å². The second-order valence-electron chi connectivity index (χ2n) is 13.0. The molecule has 2 aromatic heterocycles. The molecular weight excluding hydrogens is 791 g/mol. The number of aromatic nitrogens is 1. The van der Waals surface area contributed by atoms with E-state index in [1.807, 2.05) is 48.5 Å². The number of nitrogens with one attached hydrogen (secondary N) is 2. The van der Waals surface area contributed by atoms with Crippen LogP contribution in [0.25, 0.3) is 21.9 Å². The normalized spacial score (nSPS) is 13.2. The summed E-state index contributed by atoms with van der Waals surface area (Å²) < 4.78 is 39.0. The number of para-hydroxylation sites is 2. The number of benzene rings is 4. The molecule has 2 heterocycles. The Balaban J connectivity index is 0.00000372. The average molecular weight is 830 g/mol. The summed E-state index contributed by atoms with van der Waals surface area (Å²) in [6.07, 6.45) is -2.66. The third kappa shape index (κ3) is 12.1. The summed E-state index contributed by atoms with van der Waals surface area (Å²) >= 11 is 0. The molecule has 0 aliphatic heterocycles. The van der Waals surface area contributed by atoms with Crippen molar-refractivity contribution >= 4 is 113 Å². The number of phosphoric ester groups is 1. The first kappa shape index (κ1) is 46.4. The standard InChI is InChI=1S/C40H38N3O12P.2Na/c1-26(27-13-5-3-6-14-27)41-37(45)40(2,42-38(46)51-24-31-21-29-17-9-12-20-34(29)53-31)22-30-23-43(33-19-11-10-18-32(30)33)39(47)55-35(25-52-56(48,49)50)54-36(44)28-15-7-4-8-16-28;;/h3-21,23,26,35H,22,24-25H2,1-2H3,(H,41,45)(H,42,46)(H2,48,49,50);;. The molecule has 18 heteroatoms. The van der Waals surface area contributed by atoms with Crippen LogP contribution >= 0.6 is 7.82 Å². The van der Waals surface area contributed by atoms with Crippen LogP contribution < -0.4 is 10.6 Å². The second-order valence-corrected chi connectivity index (χ2v) is 14.2. The Morgan fingerprint density at radius 3 is 2.19 bits per heavy atom. The summed E-state index contributed by atoms with van der Waals surface area (Å²) in [5.74, 6) is -1.11. The number of fused-ring (bicyclic) bond motifs is 2. The van der Waals surface area contributed by atoms with Crippen molar-refractivity contribution in [1.29, 1.82) is 0 Å². The van der Waals surface area contributed by atoms with E-state index >= 15 is 0 Å². The van der Waals surface area contributed by atoms with E-state index in [1.54, 1.807) is 61.5 Å². The first-order valence-corrected chi connectivity index (χ1v) is 18.9. The molecule has 0 bridgehead atoms. The van der Waals surface area contributed by atoms with Crippen LogP contribution in [-0.2, 0) is 41.1 Å². The number of phosphoric acid groups is 1. The number of hydrogen-bond donors (Lipinski definition) is 4. The predicted molar refractivity (Wildman–Crippen MR) is 214 cm³/mol. The molecule has 15 nitrogen and oxygen atoms in total. The topological polar surface area (TPSA) is 205 Å². The van der Waals surface area contributed by atoms with Crippen LogP contribution in [0.1, 0.15) is 47.1 Å². The monoisotopic (exact) mass is 829 g/mol. The third-order valence-corrected chi connectivity index (χ3v) is 9.23. The fourth-order valence-electron chi connectivity index (χ4n) is 5.97. The van der Waals surface area contributed by atoms with Crippen molar-refractivity contribution in [2.24, 2.45) is 0 Å². The Kier molecular flexibility index (Phi) is 16.5. The van der Waals surface area contributed by atoms with E-state index in [-0.39, 0.29) is 77.7 Å². The maximum absolute atomic E-state index is 14.2. The zero-order valence-corrected chi connectivity index (χ0v) is 37.1. The molecule has 58 heavy (non-hydrogen) atoms. The van der Waals surface area contributed by atoms with Gasteiger partial charge in [-0.3, -0.25) is 13.9 Å². The van der Waals surface area contributed by atoms with Gasteiger partial charge < -0.3 is 39.0 Å². The minimum atomic E-state index is -5.07. The van der Waals surface area contributed by atoms with Crippen molar-refractivity contribution in [3.8, 4) is 0 Å². The van der Waals surface area contributed by atoms with E-state index in [9.17, 15) is 33.5 Å². The molecular formula is C40H38N3Na2O12P. The zero-order valence-electron chi connectivity index (χ0n) is 32.2. The maximum atomic E-state index is 14.2. The van der Waals surface area contributed by atoms with Crippen molar-refractivity contribution in [3.05, 3.63) is 144 Å². The molecule has 0 fully saturated rings. The van der Waals surface area contributed by atoms with Gasteiger partial charge in [-0.05, 0) is 55.3 Å². The number of carbonyl (C=O) groups excluding carboxylic acids is 4. The van der Waals surface area contributed by atoms with Gasteiger partial charge >= 0.3 is 26.0 Å². The number of ether oxygens (including phenoxy) is 3. The average Bonchev–Trinajstić information content (AvgIpc) is 3.77. The molecule has 4 N–H and O–H groups in total. The van der Waals surface area contributed by atoms with Gasteiger partial charge in [0.05, 0.1) is 17.1 Å². The summed E-state index contributed by atoms with van der Waals surface area (Å²) in [5, 5.41) is 7.01. The van der Waals surface area contributed by atoms with E-state index in [1.165, 1.54) is 25.3 Å². The van der Waals surface area contributed by atoms with Gasteiger partial charge in [-0.2, -0.15) is 0 Å². The molecule has 0 saturated heterocycles. The van der Waals surface area contributed by atoms with E-state index in [0.29, 0.717) is 27.8 Å². The number of alkyl carbamates (subject to hydrolysis) is 1. The molecule has 2 amide bonds. The SMILES string of the molecule is CC(NC(=O)C(C)(Cc1cn(C(=O)OC(COP(=O)(O)O)OC(=O)c2ccccc2)c2ccccc12)NC(=O)OCc1cc2ccccc2o1)c1ccccc1.[Na].[Na]. The van der Waals surface area contributed by atoms with Crippen LogP contribution in [0.4, 0.5) is 9.59 Å². The maximum Gasteiger partial charge on any atom is 0.469 e. The quantitative estimate of drug-likeness (QED) is 0.0432. The molecule has 0 aliphatic rings. The van der Waals surface area contributed by atoms with Crippen LogP contribution in [0.5, 0.6) is 0 Å². The number of hydrogen-bond acceptors (Lipinski definition) is 10. The van der Waals surface area contributed by atoms with Gasteiger partial charge in [-0.1, -0.05) is 84.9 Å². The summed E-state index contributed by atoms with van der Waals surface area (Å²) in [6, 6.07) is 32.2. The summed E-state index contributed by atoms with van der Waals surface area (Å²) in [5.41, 5.74) is 0.587. The Bertz CT molecular complexity index is 2370. The van der Waals surface area contributed by atoms with Crippen molar-refractivity contribution in [2.45, 2.75) is 44.7 Å². The van der Waals surface area contributed by atoms with Crippen LogP contribution in [-0.4, -0.2) is 116 Å². The Morgan fingerprint density at radius 1 is 0.862 bits per heavy atom. The molecule has 0 saturated carbocycles. The molecule has 4 aromatic carbocycles. The largest absolute Gasteiger partial charge is 0.469 e. The Morgan fingerprint density at radius 2 is 1.50 bits per heavy atom.